The summed E-state index contributed by atoms with van der Waals surface area (Å²) in [6, 6.07) is 7.47. The molecule has 21 heavy (non-hydrogen) atoms. The molecule has 1 N–H and O–H groups in total. The predicted octanol–water partition coefficient (Wildman–Crippen LogP) is 5.09. The Labute approximate surface area is 138 Å². The summed E-state index contributed by atoms with van der Waals surface area (Å²) in [5.41, 5.74) is 0.951. The molecular weight excluding hydrogens is 331 g/mol. The Morgan fingerprint density at radius 3 is 2.71 bits per heavy atom. The topological polar surface area (TPSA) is 34.1 Å². The summed E-state index contributed by atoms with van der Waals surface area (Å²) >= 11 is 18.2. The Balaban J connectivity index is 1.78. The van der Waals surface area contributed by atoms with Crippen molar-refractivity contribution in [3.63, 3.8) is 0 Å². The molecule has 3 nitrogen and oxygen atoms in total. The third kappa shape index (κ3) is 4.01. The molecule has 2 aromatic rings. The molecule has 0 unspecified atom stereocenters. The van der Waals surface area contributed by atoms with Crippen LogP contribution in [0.5, 0.6) is 11.6 Å². The molecule has 1 aliphatic rings. The van der Waals surface area contributed by atoms with E-state index in [0.29, 0.717) is 39.3 Å². The van der Waals surface area contributed by atoms with Crippen molar-refractivity contribution in [2.75, 3.05) is 0 Å². The number of hydrogen-bond acceptors (Lipinski definition) is 3. The van der Waals surface area contributed by atoms with Crippen molar-refractivity contribution in [2.24, 2.45) is 0 Å². The van der Waals surface area contributed by atoms with E-state index in [4.69, 9.17) is 39.5 Å². The molecule has 0 saturated heterocycles. The van der Waals surface area contributed by atoms with E-state index in [-0.39, 0.29) is 0 Å². The molecule has 0 amide bonds. The Kier molecular flexibility index (Phi) is 4.55. The number of aromatic nitrogens is 1. The van der Waals surface area contributed by atoms with Gasteiger partial charge in [0.1, 0.15) is 5.75 Å². The second-order valence-electron chi connectivity index (χ2n) is 4.95. The molecule has 0 atom stereocenters. The molecule has 6 heteroatoms. The predicted molar refractivity (Wildman–Crippen MR) is 85.6 cm³/mol. The van der Waals surface area contributed by atoms with Gasteiger partial charge in [-0.1, -0.05) is 34.8 Å². The van der Waals surface area contributed by atoms with Crippen molar-refractivity contribution in [3.05, 3.63) is 51.1 Å². The number of hydrogen-bond donors (Lipinski definition) is 1. The fraction of sp³-hybridized carbons (Fsp3) is 0.267. The smallest absolute Gasteiger partial charge is 0.219 e. The second kappa shape index (κ2) is 6.41. The zero-order valence-corrected chi connectivity index (χ0v) is 13.3. The van der Waals surface area contributed by atoms with E-state index in [9.17, 15) is 0 Å². The molecule has 0 radical (unpaired) electrons. The fourth-order valence-corrected chi connectivity index (χ4v) is 2.35. The Morgan fingerprint density at radius 2 is 1.95 bits per heavy atom. The summed E-state index contributed by atoms with van der Waals surface area (Å²) in [7, 11) is 0. The van der Waals surface area contributed by atoms with E-state index in [1.54, 1.807) is 24.4 Å². The van der Waals surface area contributed by atoms with Crippen molar-refractivity contribution in [2.45, 2.75) is 25.4 Å². The van der Waals surface area contributed by atoms with Crippen molar-refractivity contribution in [3.8, 4) is 11.6 Å². The van der Waals surface area contributed by atoms with Gasteiger partial charge in [0.2, 0.25) is 5.88 Å². The van der Waals surface area contributed by atoms with Gasteiger partial charge in [-0.3, -0.25) is 0 Å². The van der Waals surface area contributed by atoms with E-state index in [1.807, 2.05) is 6.07 Å². The number of pyridine rings is 1. The van der Waals surface area contributed by atoms with Crippen LogP contribution in [-0.4, -0.2) is 11.0 Å². The van der Waals surface area contributed by atoms with Crippen LogP contribution in [0.1, 0.15) is 18.4 Å². The lowest BCUT2D eigenvalue weighted by Gasteiger charge is -2.10. The monoisotopic (exact) mass is 342 g/mol. The number of nitrogens with zero attached hydrogens (tertiary/aromatic N) is 1. The van der Waals surface area contributed by atoms with Crippen LogP contribution in [0.2, 0.25) is 15.1 Å². The van der Waals surface area contributed by atoms with Crippen LogP contribution in [0.4, 0.5) is 0 Å². The van der Waals surface area contributed by atoms with Crippen molar-refractivity contribution >= 4 is 34.8 Å². The summed E-state index contributed by atoms with van der Waals surface area (Å²) in [6.07, 6.45) is 4.04. The number of rotatable bonds is 5. The average molecular weight is 344 g/mol. The first-order chi connectivity index (χ1) is 10.1. The highest BCUT2D eigenvalue weighted by Gasteiger charge is 2.20. The first-order valence-corrected chi connectivity index (χ1v) is 7.76. The highest BCUT2D eigenvalue weighted by atomic mass is 35.5. The molecule has 0 aliphatic heterocycles. The average Bonchev–Trinajstić information content (AvgIpc) is 3.27. The zero-order valence-electron chi connectivity index (χ0n) is 11.1. The molecule has 1 fully saturated rings. The number of nitrogens with one attached hydrogen (secondary N) is 1. The lowest BCUT2D eigenvalue weighted by molar-refractivity contribution is 0.462. The van der Waals surface area contributed by atoms with Gasteiger partial charge in [-0.25, -0.2) is 4.98 Å². The minimum Gasteiger partial charge on any atom is -0.437 e. The van der Waals surface area contributed by atoms with E-state index < -0.39 is 0 Å². The van der Waals surface area contributed by atoms with Gasteiger partial charge in [0, 0.05) is 35.9 Å². The molecular formula is C15H13Cl3N2O. The summed E-state index contributed by atoms with van der Waals surface area (Å²) in [5.74, 6) is 0.913. The van der Waals surface area contributed by atoms with Gasteiger partial charge >= 0.3 is 0 Å². The lowest BCUT2D eigenvalue weighted by Crippen LogP contribution is -2.15. The van der Waals surface area contributed by atoms with E-state index >= 15 is 0 Å². The second-order valence-corrected chi connectivity index (χ2v) is 6.20. The van der Waals surface area contributed by atoms with Crippen LogP contribution in [-0.2, 0) is 6.54 Å². The maximum Gasteiger partial charge on any atom is 0.219 e. The standard InChI is InChI=1S/C15H13Cl3N2O/c16-10-1-4-12(17)14(6-10)21-15-5-9(13(18)8-20-15)7-19-11-2-3-11/h1,4-6,8,11,19H,2-3,7H2. The maximum absolute atomic E-state index is 6.15. The lowest BCUT2D eigenvalue weighted by atomic mass is 10.2. The van der Waals surface area contributed by atoms with Gasteiger partial charge < -0.3 is 10.1 Å². The van der Waals surface area contributed by atoms with Gasteiger partial charge in [0.05, 0.1) is 10.0 Å². The molecule has 0 bridgehead atoms. The third-order valence-corrected chi connectivity index (χ3v) is 4.06. The van der Waals surface area contributed by atoms with Crippen molar-refractivity contribution in [1.82, 2.24) is 10.3 Å². The molecule has 1 aromatic carbocycles. The van der Waals surface area contributed by atoms with Crippen LogP contribution in [0.15, 0.2) is 30.5 Å². The summed E-state index contributed by atoms with van der Waals surface area (Å²) in [6.45, 7) is 0.700. The zero-order chi connectivity index (χ0) is 14.8. The van der Waals surface area contributed by atoms with Crippen LogP contribution < -0.4 is 10.1 Å². The Hall–Kier alpha value is -1.00. The van der Waals surface area contributed by atoms with Gasteiger partial charge in [-0.05, 0) is 30.5 Å². The SMILES string of the molecule is Clc1ccc(Cl)c(Oc2cc(CNC3CC3)c(Cl)cn2)c1. The minimum atomic E-state index is 0.441. The molecule has 1 aliphatic carbocycles. The molecule has 0 spiro atoms. The fourth-order valence-electron chi connectivity index (χ4n) is 1.86. The number of benzene rings is 1. The van der Waals surface area contributed by atoms with Crippen LogP contribution in [0.25, 0.3) is 0 Å². The molecule has 110 valence electrons. The van der Waals surface area contributed by atoms with E-state index in [1.165, 1.54) is 12.8 Å². The highest BCUT2D eigenvalue weighted by molar-refractivity contribution is 6.34. The first-order valence-electron chi connectivity index (χ1n) is 6.62. The van der Waals surface area contributed by atoms with Gasteiger partial charge in [-0.15, -0.1) is 0 Å². The summed E-state index contributed by atoms with van der Waals surface area (Å²) < 4.78 is 5.69. The minimum absolute atomic E-state index is 0.441. The maximum atomic E-state index is 6.15. The molecule has 1 saturated carbocycles. The van der Waals surface area contributed by atoms with Gasteiger partial charge in [-0.2, -0.15) is 0 Å². The van der Waals surface area contributed by atoms with Crippen molar-refractivity contribution in [1.29, 1.82) is 0 Å². The normalized spacial score (nSPS) is 14.2. The highest BCUT2D eigenvalue weighted by Crippen LogP contribution is 2.32. The molecule has 1 aromatic heterocycles. The Morgan fingerprint density at radius 1 is 1.14 bits per heavy atom. The summed E-state index contributed by atoms with van der Waals surface area (Å²) in [5, 5.41) is 5.06. The van der Waals surface area contributed by atoms with Crippen LogP contribution in [0, 0.1) is 0 Å². The quantitative estimate of drug-likeness (QED) is 0.821. The van der Waals surface area contributed by atoms with E-state index in [0.717, 1.165) is 5.56 Å². The van der Waals surface area contributed by atoms with Crippen LogP contribution >= 0.6 is 34.8 Å². The van der Waals surface area contributed by atoms with Gasteiger partial charge in [0.25, 0.3) is 0 Å². The van der Waals surface area contributed by atoms with Crippen LogP contribution in [0.3, 0.4) is 0 Å². The van der Waals surface area contributed by atoms with Crippen molar-refractivity contribution < 1.29 is 4.74 Å². The Bertz CT molecular complexity index is 659. The number of ether oxygens (including phenoxy) is 1. The van der Waals surface area contributed by atoms with Gasteiger partial charge in [0.15, 0.2) is 0 Å². The molecule has 3 rings (SSSR count). The van der Waals surface area contributed by atoms with E-state index in [2.05, 4.69) is 10.3 Å². The third-order valence-electron chi connectivity index (χ3n) is 3.18. The first kappa shape index (κ1) is 14.9. The summed E-state index contributed by atoms with van der Waals surface area (Å²) in [4.78, 5) is 4.16. The molecule has 1 heterocycles. The largest absolute Gasteiger partial charge is 0.437 e. The number of halogens is 3.